The summed E-state index contributed by atoms with van der Waals surface area (Å²) in [5.41, 5.74) is 0. The smallest absolute Gasteiger partial charge is 0.526 e. The van der Waals surface area contributed by atoms with Crippen LogP contribution in [0.5, 0.6) is 11.5 Å². The second-order valence-corrected chi connectivity index (χ2v) is 9.64. The lowest BCUT2D eigenvalue weighted by molar-refractivity contribution is 0.457. The zero-order valence-electron chi connectivity index (χ0n) is 13.9. The molecule has 0 saturated carbocycles. The summed E-state index contributed by atoms with van der Waals surface area (Å²) in [6.07, 6.45) is 0. The maximum atomic E-state index is 11.9. The van der Waals surface area contributed by atoms with Crippen molar-refractivity contribution in [2.45, 2.75) is 23.6 Å². The summed E-state index contributed by atoms with van der Waals surface area (Å²) in [6.45, 7) is 3.13. The highest BCUT2D eigenvalue weighted by molar-refractivity contribution is 7.91. The zero-order valence-corrected chi connectivity index (χ0v) is 15.5. The lowest BCUT2D eigenvalue weighted by Gasteiger charge is -2.09. The third-order valence-electron chi connectivity index (χ3n) is 3.46. The third-order valence-corrected chi connectivity index (χ3v) is 6.92. The van der Waals surface area contributed by atoms with E-state index in [0.717, 1.165) is 7.69 Å². The molecule has 133 valence electrons. The number of rotatable bonds is 8. The molecule has 2 aromatic rings. The Morgan fingerprint density at radius 1 is 0.760 bits per heavy atom. The van der Waals surface area contributed by atoms with Gasteiger partial charge in [-0.2, -0.15) is 0 Å². The Bertz CT molecular complexity index is 861. The second kappa shape index (κ2) is 7.92. The average Bonchev–Trinajstić information content (AvgIpc) is 2.62. The van der Waals surface area contributed by atoms with E-state index in [-0.39, 0.29) is 21.3 Å². The molecule has 0 aliphatic carbocycles. The summed E-state index contributed by atoms with van der Waals surface area (Å²) in [5, 5.41) is 0. The van der Waals surface area contributed by atoms with Gasteiger partial charge in [-0.15, -0.1) is 0 Å². The molecule has 0 fully saturated rings. The Morgan fingerprint density at radius 3 is 1.52 bits per heavy atom. The van der Waals surface area contributed by atoms with E-state index in [4.69, 9.17) is 9.31 Å². The predicted molar refractivity (Wildman–Crippen MR) is 95.3 cm³/mol. The summed E-state index contributed by atoms with van der Waals surface area (Å²) >= 11 is 0. The summed E-state index contributed by atoms with van der Waals surface area (Å²) in [7, 11) is -5.63. The Morgan fingerprint density at radius 2 is 1.16 bits per heavy atom. The van der Waals surface area contributed by atoms with Gasteiger partial charge in [-0.3, -0.25) is 0 Å². The molecule has 0 aromatic heterocycles. The second-order valence-electron chi connectivity index (χ2n) is 5.09. The molecule has 0 N–H and O–H groups in total. The van der Waals surface area contributed by atoms with Crippen LogP contribution in [0.4, 0.5) is 0 Å². The van der Waals surface area contributed by atoms with Gasteiger partial charge in [-0.1, -0.05) is 26.0 Å². The van der Waals surface area contributed by atoms with E-state index in [2.05, 4.69) is 0 Å². The normalized spacial score (nSPS) is 11.8. The van der Waals surface area contributed by atoms with Crippen molar-refractivity contribution >= 4 is 27.4 Å². The third kappa shape index (κ3) is 4.99. The maximum absolute atomic E-state index is 11.9. The van der Waals surface area contributed by atoms with Gasteiger partial charge in [-0.25, -0.2) is 16.8 Å². The van der Waals surface area contributed by atoms with Crippen LogP contribution in [0.2, 0.25) is 0 Å². The first-order chi connectivity index (χ1) is 11.8. The van der Waals surface area contributed by atoms with Crippen molar-refractivity contribution in [2.24, 2.45) is 0 Å². The minimum Gasteiger partial charge on any atom is -0.526 e. The quantitative estimate of drug-likeness (QED) is 0.652. The number of hydrogen-bond acceptors (Lipinski definition) is 6. The number of sulfone groups is 2. The molecule has 0 aliphatic rings. The van der Waals surface area contributed by atoms with Crippen molar-refractivity contribution in [1.82, 2.24) is 0 Å². The van der Waals surface area contributed by atoms with Crippen molar-refractivity contribution in [3.05, 3.63) is 48.5 Å². The van der Waals surface area contributed by atoms with E-state index in [1.54, 1.807) is 38.1 Å². The van der Waals surface area contributed by atoms with Gasteiger partial charge in [0.15, 0.2) is 19.7 Å². The van der Waals surface area contributed by atoms with Gasteiger partial charge < -0.3 is 9.31 Å². The van der Waals surface area contributed by atoms with E-state index < -0.39 is 19.7 Å². The van der Waals surface area contributed by atoms with Crippen LogP contribution in [0, 0.1) is 0 Å². The van der Waals surface area contributed by atoms with E-state index in [9.17, 15) is 16.8 Å². The molecule has 0 heterocycles. The lowest BCUT2D eigenvalue weighted by Crippen LogP contribution is -2.12. The Labute approximate surface area is 148 Å². The Hall–Kier alpha value is -2.00. The van der Waals surface area contributed by atoms with Gasteiger partial charge in [0.05, 0.1) is 21.3 Å². The molecule has 0 amide bonds. The minimum atomic E-state index is -3.32. The highest BCUT2D eigenvalue weighted by atomic mass is 32.2. The lowest BCUT2D eigenvalue weighted by atomic mass is 10.3. The molecule has 1 radical (unpaired) electrons. The van der Waals surface area contributed by atoms with Gasteiger partial charge in [0.2, 0.25) is 0 Å². The molecule has 9 heteroatoms. The van der Waals surface area contributed by atoms with Crippen molar-refractivity contribution in [1.29, 1.82) is 0 Å². The van der Waals surface area contributed by atoms with Crippen LogP contribution in [0.25, 0.3) is 0 Å². The number of benzene rings is 2. The predicted octanol–water partition coefficient (Wildman–Crippen LogP) is 2.27. The first kappa shape index (κ1) is 19.3. The minimum absolute atomic E-state index is 0.00460. The molecule has 0 aliphatic heterocycles. The van der Waals surface area contributed by atoms with Crippen molar-refractivity contribution in [3.8, 4) is 11.5 Å². The Balaban J connectivity index is 2.05. The molecule has 0 unspecified atom stereocenters. The van der Waals surface area contributed by atoms with Crippen molar-refractivity contribution in [2.75, 3.05) is 11.5 Å². The molecule has 0 bridgehead atoms. The monoisotopic (exact) mass is 381 g/mol. The molecule has 0 atom stereocenters. The SMILES string of the molecule is CCS(=O)(=O)c1cccc(O[B]Oc2cccc(S(=O)(=O)CC)c2)c1. The molecular weight excluding hydrogens is 363 g/mol. The molecule has 2 aromatic carbocycles. The summed E-state index contributed by atoms with van der Waals surface area (Å²) in [6, 6.07) is 12.1. The fourth-order valence-corrected chi connectivity index (χ4v) is 3.78. The van der Waals surface area contributed by atoms with Crippen LogP contribution in [-0.2, 0) is 19.7 Å². The van der Waals surface area contributed by atoms with Crippen LogP contribution in [0.15, 0.2) is 58.3 Å². The topological polar surface area (TPSA) is 86.7 Å². The molecule has 25 heavy (non-hydrogen) atoms. The van der Waals surface area contributed by atoms with Crippen LogP contribution in [0.1, 0.15) is 13.8 Å². The van der Waals surface area contributed by atoms with E-state index >= 15 is 0 Å². The van der Waals surface area contributed by atoms with Crippen molar-refractivity contribution < 1.29 is 26.1 Å². The molecule has 6 nitrogen and oxygen atoms in total. The van der Waals surface area contributed by atoms with Crippen molar-refractivity contribution in [3.63, 3.8) is 0 Å². The Kier molecular flexibility index (Phi) is 6.13. The van der Waals surface area contributed by atoms with Gasteiger partial charge in [0.1, 0.15) is 11.5 Å². The molecular formula is C16H18BO6S2. The largest absolute Gasteiger partial charge is 0.658 e. The van der Waals surface area contributed by atoms with Gasteiger partial charge in [0.25, 0.3) is 0 Å². The van der Waals surface area contributed by atoms with Crippen LogP contribution < -0.4 is 9.31 Å². The summed E-state index contributed by atoms with van der Waals surface area (Å²) in [4.78, 5) is 0.328. The maximum Gasteiger partial charge on any atom is 0.658 e. The molecule has 0 spiro atoms. The van der Waals surface area contributed by atoms with Gasteiger partial charge in [-0.05, 0) is 36.4 Å². The van der Waals surface area contributed by atoms with Gasteiger partial charge >= 0.3 is 7.69 Å². The fourth-order valence-electron chi connectivity index (χ4n) is 1.95. The summed E-state index contributed by atoms with van der Waals surface area (Å²) < 4.78 is 58.0. The van der Waals surface area contributed by atoms with Gasteiger partial charge in [0, 0.05) is 0 Å². The zero-order chi connectivity index (χ0) is 18.5. The standard InChI is InChI=1S/C16H18BO6S2/c1-3-24(18,19)15-9-5-7-13(11-15)22-17-23-14-8-6-10-16(12-14)25(20,21)4-2/h5-12H,3-4H2,1-2H3. The first-order valence-corrected chi connectivity index (χ1v) is 10.9. The van der Waals surface area contributed by atoms with Crippen LogP contribution in [-0.4, -0.2) is 36.0 Å². The van der Waals surface area contributed by atoms with E-state index in [1.165, 1.54) is 24.3 Å². The van der Waals surface area contributed by atoms with E-state index in [0.29, 0.717) is 11.5 Å². The first-order valence-electron chi connectivity index (χ1n) is 7.59. The fraction of sp³-hybridized carbons (Fsp3) is 0.250. The average molecular weight is 381 g/mol. The van der Waals surface area contributed by atoms with Crippen LogP contribution >= 0.6 is 0 Å². The van der Waals surface area contributed by atoms with Crippen LogP contribution in [0.3, 0.4) is 0 Å². The highest BCUT2D eigenvalue weighted by Gasteiger charge is 2.14. The number of hydrogen-bond donors (Lipinski definition) is 0. The highest BCUT2D eigenvalue weighted by Crippen LogP contribution is 2.20. The molecule has 2 rings (SSSR count). The molecule has 0 saturated heterocycles. The summed E-state index contributed by atoms with van der Waals surface area (Å²) in [5.74, 6) is 0.587. The van der Waals surface area contributed by atoms with E-state index in [1.807, 2.05) is 0 Å².